The molecule has 15 heavy (non-hydrogen) atoms. The normalized spacial score (nSPS) is 20.5. The van der Waals surface area contributed by atoms with Crippen LogP contribution in [-0.4, -0.2) is 35.9 Å². The molecule has 1 fully saturated rings. The predicted molar refractivity (Wildman–Crippen MR) is 57.5 cm³/mol. The van der Waals surface area contributed by atoms with E-state index in [-0.39, 0.29) is 24.2 Å². The maximum atomic E-state index is 11.5. The predicted octanol–water partition coefficient (Wildman–Crippen LogP) is 0.833. The van der Waals surface area contributed by atoms with Crippen molar-refractivity contribution in [1.29, 1.82) is 0 Å². The van der Waals surface area contributed by atoms with Gasteiger partial charge in [-0.25, -0.2) is 0 Å². The molecule has 0 heterocycles. The Bertz CT molecular complexity index is 208. The first-order valence-corrected chi connectivity index (χ1v) is 5.72. The molecule has 88 valence electrons. The van der Waals surface area contributed by atoms with Crippen molar-refractivity contribution in [2.75, 3.05) is 13.2 Å². The molecule has 1 saturated carbocycles. The molecule has 0 radical (unpaired) electrons. The Morgan fingerprint density at radius 2 is 2.20 bits per heavy atom. The second-order valence-electron chi connectivity index (χ2n) is 4.15. The monoisotopic (exact) mass is 215 g/mol. The molecule has 1 unspecified atom stereocenters. The van der Waals surface area contributed by atoms with Crippen LogP contribution in [0.4, 0.5) is 0 Å². The van der Waals surface area contributed by atoms with E-state index in [0.717, 1.165) is 19.3 Å². The molecule has 0 saturated heterocycles. The van der Waals surface area contributed by atoms with Crippen LogP contribution in [0.2, 0.25) is 0 Å². The van der Waals surface area contributed by atoms with E-state index in [2.05, 4.69) is 5.32 Å². The van der Waals surface area contributed by atoms with Crippen LogP contribution in [0.25, 0.3) is 0 Å². The SMILES string of the molecule is CCOC(=O)C(CC)NC1(CO)CCC1. The van der Waals surface area contributed by atoms with Gasteiger partial charge in [0.25, 0.3) is 0 Å². The van der Waals surface area contributed by atoms with E-state index < -0.39 is 0 Å². The number of aliphatic hydroxyl groups is 1. The van der Waals surface area contributed by atoms with E-state index in [1.54, 1.807) is 6.92 Å². The Labute approximate surface area is 91.0 Å². The van der Waals surface area contributed by atoms with E-state index >= 15 is 0 Å². The molecular weight excluding hydrogens is 194 g/mol. The van der Waals surface area contributed by atoms with Gasteiger partial charge in [-0.2, -0.15) is 0 Å². The minimum Gasteiger partial charge on any atom is -0.465 e. The van der Waals surface area contributed by atoms with E-state index in [1.165, 1.54) is 0 Å². The summed E-state index contributed by atoms with van der Waals surface area (Å²) in [5.41, 5.74) is -0.229. The Kier molecular flexibility index (Phi) is 4.54. The molecule has 2 N–H and O–H groups in total. The zero-order chi connectivity index (χ0) is 11.3. The molecule has 1 aliphatic carbocycles. The number of rotatable bonds is 6. The maximum Gasteiger partial charge on any atom is 0.323 e. The average molecular weight is 215 g/mol. The van der Waals surface area contributed by atoms with Crippen LogP contribution in [0.3, 0.4) is 0 Å². The topological polar surface area (TPSA) is 58.6 Å². The lowest BCUT2D eigenvalue weighted by Gasteiger charge is -2.43. The second-order valence-corrected chi connectivity index (χ2v) is 4.15. The van der Waals surface area contributed by atoms with Crippen LogP contribution < -0.4 is 5.32 Å². The highest BCUT2D eigenvalue weighted by atomic mass is 16.5. The first-order valence-electron chi connectivity index (χ1n) is 5.72. The van der Waals surface area contributed by atoms with Crippen molar-refractivity contribution in [3.8, 4) is 0 Å². The third-order valence-corrected chi connectivity index (χ3v) is 3.07. The van der Waals surface area contributed by atoms with Crippen LogP contribution >= 0.6 is 0 Å². The number of hydrogen-bond acceptors (Lipinski definition) is 4. The van der Waals surface area contributed by atoms with Gasteiger partial charge in [0.05, 0.1) is 13.2 Å². The summed E-state index contributed by atoms with van der Waals surface area (Å²) in [6.07, 6.45) is 3.70. The molecule has 1 atom stereocenters. The smallest absolute Gasteiger partial charge is 0.323 e. The minimum atomic E-state index is -0.280. The second kappa shape index (κ2) is 5.47. The quantitative estimate of drug-likeness (QED) is 0.644. The third-order valence-electron chi connectivity index (χ3n) is 3.07. The zero-order valence-electron chi connectivity index (χ0n) is 9.58. The molecule has 0 bridgehead atoms. The number of aliphatic hydroxyl groups excluding tert-OH is 1. The summed E-state index contributed by atoms with van der Waals surface area (Å²) < 4.78 is 4.97. The van der Waals surface area contributed by atoms with Gasteiger partial charge in [-0.3, -0.25) is 10.1 Å². The van der Waals surface area contributed by atoms with Gasteiger partial charge >= 0.3 is 5.97 Å². The number of esters is 1. The van der Waals surface area contributed by atoms with Gasteiger partial charge in [0.15, 0.2) is 0 Å². The first-order chi connectivity index (χ1) is 7.17. The molecule has 4 nitrogen and oxygen atoms in total. The van der Waals surface area contributed by atoms with E-state index in [4.69, 9.17) is 4.74 Å². The van der Waals surface area contributed by atoms with Crippen molar-refractivity contribution in [1.82, 2.24) is 5.32 Å². The van der Waals surface area contributed by atoms with Crippen LogP contribution in [0.15, 0.2) is 0 Å². The largest absolute Gasteiger partial charge is 0.465 e. The lowest BCUT2D eigenvalue weighted by molar-refractivity contribution is -0.147. The van der Waals surface area contributed by atoms with Crippen molar-refractivity contribution >= 4 is 5.97 Å². The Morgan fingerprint density at radius 1 is 1.53 bits per heavy atom. The van der Waals surface area contributed by atoms with Gasteiger partial charge in [-0.05, 0) is 32.6 Å². The molecule has 0 amide bonds. The molecule has 0 aromatic carbocycles. The van der Waals surface area contributed by atoms with Crippen molar-refractivity contribution < 1.29 is 14.6 Å². The average Bonchev–Trinajstić information content (AvgIpc) is 2.18. The Balaban J connectivity index is 2.48. The van der Waals surface area contributed by atoms with Crippen molar-refractivity contribution in [3.05, 3.63) is 0 Å². The summed E-state index contributed by atoms with van der Waals surface area (Å²) in [7, 11) is 0. The van der Waals surface area contributed by atoms with Gasteiger partial charge in [0.2, 0.25) is 0 Å². The van der Waals surface area contributed by atoms with Crippen molar-refractivity contribution in [3.63, 3.8) is 0 Å². The summed E-state index contributed by atoms with van der Waals surface area (Å²) >= 11 is 0. The summed E-state index contributed by atoms with van der Waals surface area (Å²) in [6.45, 7) is 4.25. The van der Waals surface area contributed by atoms with Crippen LogP contribution in [0.5, 0.6) is 0 Å². The van der Waals surface area contributed by atoms with Crippen molar-refractivity contribution in [2.45, 2.75) is 51.1 Å². The van der Waals surface area contributed by atoms with Gasteiger partial charge in [-0.1, -0.05) is 6.92 Å². The van der Waals surface area contributed by atoms with Gasteiger partial charge < -0.3 is 9.84 Å². The minimum absolute atomic E-state index is 0.100. The van der Waals surface area contributed by atoms with Gasteiger partial charge in [0.1, 0.15) is 6.04 Å². The summed E-state index contributed by atoms with van der Waals surface area (Å²) in [5, 5.41) is 12.5. The maximum absolute atomic E-state index is 11.5. The first kappa shape index (κ1) is 12.5. The lowest BCUT2D eigenvalue weighted by Crippen LogP contribution is -2.59. The Morgan fingerprint density at radius 3 is 2.53 bits per heavy atom. The van der Waals surface area contributed by atoms with Crippen molar-refractivity contribution in [2.24, 2.45) is 0 Å². The molecule has 1 rings (SSSR count). The summed E-state index contributed by atoms with van der Waals surface area (Å²) in [5.74, 6) is -0.209. The lowest BCUT2D eigenvalue weighted by atomic mass is 9.77. The number of carbonyl (C=O) groups excluding carboxylic acids is 1. The van der Waals surface area contributed by atoms with Gasteiger partial charge in [0, 0.05) is 5.54 Å². The fourth-order valence-corrected chi connectivity index (χ4v) is 1.89. The highest BCUT2D eigenvalue weighted by molar-refractivity contribution is 5.75. The third kappa shape index (κ3) is 2.92. The highest BCUT2D eigenvalue weighted by Gasteiger charge is 2.39. The van der Waals surface area contributed by atoms with Gasteiger partial charge in [-0.15, -0.1) is 0 Å². The molecule has 1 aliphatic rings. The highest BCUT2D eigenvalue weighted by Crippen LogP contribution is 2.31. The van der Waals surface area contributed by atoms with Crippen LogP contribution in [0, 0.1) is 0 Å². The molecule has 0 spiro atoms. The summed E-state index contributed by atoms with van der Waals surface area (Å²) in [6, 6.07) is -0.280. The van der Waals surface area contributed by atoms with E-state index in [1.807, 2.05) is 6.92 Å². The Hall–Kier alpha value is -0.610. The number of hydrogen-bond donors (Lipinski definition) is 2. The number of carbonyl (C=O) groups is 1. The number of ether oxygens (including phenoxy) is 1. The fraction of sp³-hybridized carbons (Fsp3) is 0.909. The fourth-order valence-electron chi connectivity index (χ4n) is 1.89. The zero-order valence-corrected chi connectivity index (χ0v) is 9.58. The standard InChI is InChI=1S/C11H21NO3/c1-3-9(10(14)15-4-2)12-11(8-13)6-5-7-11/h9,12-13H,3-8H2,1-2H3. The molecule has 0 aromatic heterocycles. The molecule has 0 aliphatic heterocycles. The molecule has 4 heteroatoms. The van der Waals surface area contributed by atoms with E-state index in [0.29, 0.717) is 13.0 Å². The van der Waals surface area contributed by atoms with E-state index in [9.17, 15) is 9.90 Å². The molecule has 0 aromatic rings. The van der Waals surface area contributed by atoms with Crippen LogP contribution in [0.1, 0.15) is 39.5 Å². The summed E-state index contributed by atoms with van der Waals surface area (Å²) in [4.78, 5) is 11.5. The molecular formula is C11H21NO3. The number of nitrogens with one attached hydrogen (secondary N) is 1. The van der Waals surface area contributed by atoms with Crippen LogP contribution in [-0.2, 0) is 9.53 Å².